The van der Waals surface area contributed by atoms with Crippen LogP contribution in [0.2, 0.25) is 0 Å². The number of likely N-dealkylation sites (N-methyl/N-ethyl adjacent to an activating group) is 1. The van der Waals surface area contributed by atoms with Gasteiger partial charge in [0, 0.05) is 6.54 Å². The summed E-state index contributed by atoms with van der Waals surface area (Å²) in [4.78, 5) is 2.04. The fraction of sp³-hybridized carbons (Fsp3) is 0.636. The SMILES string of the molecule is CCN(C)CC(O)COCc1ccco1. The van der Waals surface area contributed by atoms with Gasteiger partial charge in [-0.3, -0.25) is 0 Å². The molecular weight excluding hydrogens is 194 g/mol. The molecule has 0 spiro atoms. The summed E-state index contributed by atoms with van der Waals surface area (Å²) in [5, 5.41) is 9.58. The fourth-order valence-electron chi connectivity index (χ4n) is 1.23. The summed E-state index contributed by atoms with van der Waals surface area (Å²) in [6, 6.07) is 3.67. The molecule has 86 valence electrons. The lowest BCUT2D eigenvalue weighted by Crippen LogP contribution is -2.31. The first-order valence-corrected chi connectivity index (χ1v) is 5.19. The molecule has 0 bridgehead atoms. The molecule has 4 nitrogen and oxygen atoms in total. The van der Waals surface area contributed by atoms with Gasteiger partial charge in [0.2, 0.25) is 0 Å². The summed E-state index contributed by atoms with van der Waals surface area (Å²) in [6.45, 7) is 4.37. The number of aliphatic hydroxyl groups excluding tert-OH is 1. The Morgan fingerprint density at radius 1 is 1.60 bits per heavy atom. The highest BCUT2D eigenvalue weighted by Gasteiger charge is 2.07. The van der Waals surface area contributed by atoms with E-state index in [0.29, 0.717) is 19.8 Å². The van der Waals surface area contributed by atoms with Crippen LogP contribution in [-0.4, -0.2) is 42.9 Å². The minimum Gasteiger partial charge on any atom is -0.467 e. The zero-order chi connectivity index (χ0) is 11.1. The van der Waals surface area contributed by atoms with E-state index in [-0.39, 0.29) is 0 Å². The number of furan rings is 1. The molecule has 1 rings (SSSR count). The predicted octanol–water partition coefficient (Wildman–Crippen LogP) is 1.11. The topological polar surface area (TPSA) is 45.8 Å². The van der Waals surface area contributed by atoms with Gasteiger partial charge < -0.3 is 19.2 Å². The lowest BCUT2D eigenvalue weighted by atomic mass is 10.3. The van der Waals surface area contributed by atoms with E-state index in [1.54, 1.807) is 6.26 Å². The Morgan fingerprint density at radius 2 is 2.40 bits per heavy atom. The van der Waals surface area contributed by atoms with Gasteiger partial charge in [0.05, 0.1) is 19.0 Å². The Hall–Kier alpha value is -0.840. The molecule has 0 fully saturated rings. The fourth-order valence-corrected chi connectivity index (χ4v) is 1.23. The Balaban J connectivity index is 2.09. The number of hydrogen-bond donors (Lipinski definition) is 1. The molecule has 0 saturated carbocycles. The van der Waals surface area contributed by atoms with E-state index in [9.17, 15) is 5.11 Å². The molecule has 4 heteroatoms. The molecule has 1 heterocycles. The van der Waals surface area contributed by atoms with Crippen LogP contribution in [0.5, 0.6) is 0 Å². The summed E-state index contributed by atoms with van der Waals surface area (Å²) >= 11 is 0. The molecular formula is C11H19NO3. The van der Waals surface area contributed by atoms with E-state index in [1.165, 1.54) is 0 Å². The van der Waals surface area contributed by atoms with Gasteiger partial charge in [-0.15, -0.1) is 0 Å². The Labute approximate surface area is 90.4 Å². The molecule has 0 aromatic carbocycles. The molecule has 1 unspecified atom stereocenters. The molecule has 15 heavy (non-hydrogen) atoms. The number of ether oxygens (including phenoxy) is 1. The molecule has 0 aliphatic carbocycles. The van der Waals surface area contributed by atoms with E-state index >= 15 is 0 Å². The van der Waals surface area contributed by atoms with Crippen molar-refractivity contribution < 1.29 is 14.3 Å². The van der Waals surface area contributed by atoms with Gasteiger partial charge in [0.1, 0.15) is 12.4 Å². The maximum Gasteiger partial charge on any atom is 0.129 e. The van der Waals surface area contributed by atoms with Crippen molar-refractivity contribution in [1.29, 1.82) is 0 Å². The Bertz CT molecular complexity index is 248. The van der Waals surface area contributed by atoms with Crippen LogP contribution in [0.15, 0.2) is 22.8 Å². The third kappa shape index (κ3) is 4.97. The van der Waals surface area contributed by atoms with Crippen molar-refractivity contribution in [2.45, 2.75) is 19.6 Å². The van der Waals surface area contributed by atoms with Crippen molar-refractivity contribution in [3.63, 3.8) is 0 Å². The summed E-state index contributed by atoms with van der Waals surface area (Å²) < 4.78 is 10.4. The molecule has 1 aromatic heterocycles. The van der Waals surface area contributed by atoms with E-state index in [0.717, 1.165) is 12.3 Å². The molecule has 1 N–H and O–H groups in total. The van der Waals surface area contributed by atoms with Crippen LogP contribution in [0.25, 0.3) is 0 Å². The summed E-state index contributed by atoms with van der Waals surface area (Å²) in [5.74, 6) is 0.783. The highest BCUT2D eigenvalue weighted by molar-refractivity contribution is 4.96. The third-order valence-corrected chi connectivity index (χ3v) is 2.20. The van der Waals surface area contributed by atoms with Crippen molar-refractivity contribution in [3.8, 4) is 0 Å². The molecule has 0 radical (unpaired) electrons. The lowest BCUT2D eigenvalue weighted by molar-refractivity contribution is 0.00925. The van der Waals surface area contributed by atoms with Crippen LogP contribution < -0.4 is 0 Å². The molecule has 0 aliphatic heterocycles. The van der Waals surface area contributed by atoms with Crippen molar-refractivity contribution in [1.82, 2.24) is 4.90 Å². The Morgan fingerprint density at radius 3 is 3.00 bits per heavy atom. The highest BCUT2D eigenvalue weighted by atomic mass is 16.5. The number of nitrogens with zero attached hydrogens (tertiary/aromatic N) is 1. The normalized spacial score (nSPS) is 13.3. The number of hydrogen-bond acceptors (Lipinski definition) is 4. The standard InChI is InChI=1S/C11H19NO3/c1-3-12(2)7-10(13)8-14-9-11-5-4-6-15-11/h4-6,10,13H,3,7-9H2,1-2H3. The maximum absolute atomic E-state index is 9.58. The van der Waals surface area contributed by atoms with E-state index < -0.39 is 6.10 Å². The van der Waals surface area contributed by atoms with Crippen LogP contribution in [0.4, 0.5) is 0 Å². The molecule has 1 atom stereocenters. The van der Waals surface area contributed by atoms with Gasteiger partial charge in [-0.1, -0.05) is 6.92 Å². The predicted molar refractivity (Wildman–Crippen MR) is 57.5 cm³/mol. The monoisotopic (exact) mass is 213 g/mol. The maximum atomic E-state index is 9.58. The second-order valence-electron chi connectivity index (χ2n) is 3.60. The number of rotatable bonds is 7. The van der Waals surface area contributed by atoms with Gasteiger partial charge in [0.25, 0.3) is 0 Å². The summed E-state index contributed by atoms with van der Waals surface area (Å²) in [7, 11) is 1.97. The highest BCUT2D eigenvalue weighted by Crippen LogP contribution is 2.02. The minimum absolute atomic E-state index is 0.338. The third-order valence-electron chi connectivity index (χ3n) is 2.20. The largest absolute Gasteiger partial charge is 0.467 e. The minimum atomic E-state index is -0.440. The van der Waals surface area contributed by atoms with E-state index in [4.69, 9.17) is 9.15 Å². The Kier molecular flexibility index (Phi) is 5.39. The first kappa shape index (κ1) is 12.2. The van der Waals surface area contributed by atoms with Crippen LogP contribution in [-0.2, 0) is 11.3 Å². The average molecular weight is 213 g/mol. The van der Waals surface area contributed by atoms with Gasteiger partial charge >= 0.3 is 0 Å². The first-order chi connectivity index (χ1) is 7.22. The molecule has 1 aromatic rings. The zero-order valence-corrected chi connectivity index (χ0v) is 9.35. The van der Waals surface area contributed by atoms with Gasteiger partial charge in [0.15, 0.2) is 0 Å². The smallest absolute Gasteiger partial charge is 0.129 e. The van der Waals surface area contributed by atoms with Gasteiger partial charge in [-0.2, -0.15) is 0 Å². The second-order valence-corrected chi connectivity index (χ2v) is 3.60. The quantitative estimate of drug-likeness (QED) is 0.737. The van der Waals surface area contributed by atoms with Crippen molar-refractivity contribution in [3.05, 3.63) is 24.2 Å². The van der Waals surface area contributed by atoms with Gasteiger partial charge in [-0.05, 0) is 25.7 Å². The molecule has 0 saturated heterocycles. The molecule has 0 amide bonds. The van der Waals surface area contributed by atoms with Crippen LogP contribution in [0, 0.1) is 0 Å². The van der Waals surface area contributed by atoms with E-state index in [1.807, 2.05) is 24.1 Å². The zero-order valence-electron chi connectivity index (χ0n) is 9.35. The van der Waals surface area contributed by atoms with Crippen molar-refractivity contribution in [2.75, 3.05) is 26.7 Å². The van der Waals surface area contributed by atoms with Crippen molar-refractivity contribution in [2.24, 2.45) is 0 Å². The summed E-state index contributed by atoms with van der Waals surface area (Å²) in [6.07, 6.45) is 1.17. The van der Waals surface area contributed by atoms with Crippen molar-refractivity contribution >= 4 is 0 Å². The second kappa shape index (κ2) is 6.61. The number of aliphatic hydroxyl groups is 1. The van der Waals surface area contributed by atoms with Gasteiger partial charge in [-0.25, -0.2) is 0 Å². The van der Waals surface area contributed by atoms with Crippen LogP contribution in [0.1, 0.15) is 12.7 Å². The summed E-state index contributed by atoms with van der Waals surface area (Å²) in [5.41, 5.74) is 0. The van der Waals surface area contributed by atoms with E-state index in [2.05, 4.69) is 6.92 Å². The van der Waals surface area contributed by atoms with Crippen LogP contribution in [0.3, 0.4) is 0 Å². The molecule has 0 aliphatic rings. The average Bonchev–Trinajstić information content (AvgIpc) is 2.70. The van der Waals surface area contributed by atoms with Crippen LogP contribution >= 0.6 is 0 Å². The first-order valence-electron chi connectivity index (χ1n) is 5.19. The lowest BCUT2D eigenvalue weighted by Gasteiger charge is -2.18.